The number of hydrogen-bond donors (Lipinski definition) is 2. The van der Waals surface area contributed by atoms with Gasteiger partial charge in [0.2, 0.25) is 0 Å². The molecule has 0 spiro atoms. The monoisotopic (exact) mass is 312 g/mol. The summed E-state index contributed by atoms with van der Waals surface area (Å²) in [4.78, 5) is 11.9. The lowest BCUT2D eigenvalue weighted by Crippen LogP contribution is -2.38. The lowest BCUT2D eigenvalue weighted by Gasteiger charge is -2.25. The zero-order valence-electron chi connectivity index (χ0n) is 13.0. The fraction of sp³-hybridized carbons (Fsp3) is 0.278. The predicted octanol–water partition coefficient (Wildman–Crippen LogP) is 2.96. The van der Waals surface area contributed by atoms with E-state index in [0.29, 0.717) is 13.2 Å². The van der Waals surface area contributed by atoms with Gasteiger partial charge in [-0.25, -0.2) is 4.79 Å². The van der Waals surface area contributed by atoms with Crippen molar-refractivity contribution in [2.45, 2.75) is 19.1 Å². The Bertz CT molecular complexity index is 670. The minimum absolute atomic E-state index is 0.00603. The van der Waals surface area contributed by atoms with Gasteiger partial charge in [-0.3, -0.25) is 0 Å². The number of rotatable bonds is 4. The smallest absolute Gasteiger partial charge is 0.319 e. The molecule has 2 N–H and O–H groups in total. The van der Waals surface area contributed by atoms with E-state index in [-0.39, 0.29) is 12.1 Å². The van der Waals surface area contributed by atoms with Crippen molar-refractivity contribution in [1.29, 1.82) is 0 Å². The molecule has 1 aliphatic rings. The maximum absolute atomic E-state index is 11.9. The van der Waals surface area contributed by atoms with Crippen molar-refractivity contribution in [2.24, 2.45) is 0 Å². The minimum Gasteiger partial charge on any atom is -0.497 e. The van der Waals surface area contributed by atoms with E-state index in [4.69, 9.17) is 9.47 Å². The lowest BCUT2D eigenvalue weighted by molar-refractivity contribution is 0.0308. The molecule has 0 saturated heterocycles. The molecule has 1 aliphatic heterocycles. The standard InChI is InChI=1S/C18H20N2O3/c1-22-16-8-6-15(7-9-16)20-18(21)19-11-17-10-13-4-2-3-5-14(13)12-23-17/h2-9,17H,10-12H2,1H3,(H2,19,20,21). The molecule has 1 atom stereocenters. The molecule has 0 aromatic heterocycles. The van der Waals surface area contributed by atoms with Crippen LogP contribution in [0.25, 0.3) is 0 Å². The summed E-state index contributed by atoms with van der Waals surface area (Å²) in [6.07, 6.45) is 0.824. The number of anilines is 1. The summed E-state index contributed by atoms with van der Waals surface area (Å²) >= 11 is 0. The second-order valence-corrected chi connectivity index (χ2v) is 5.47. The topological polar surface area (TPSA) is 59.6 Å². The number of amides is 2. The Morgan fingerprint density at radius 3 is 2.65 bits per heavy atom. The summed E-state index contributed by atoms with van der Waals surface area (Å²) in [7, 11) is 1.61. The summed E-state index contributed by atoms with van der Waals surface area (Å²) in [5.41, 5.74) is 3.24. The van der Waals surface area contributed by atoms with Crippen LogP contribution in [-0.4, -0.2) is 25.8 Å². The van der Waals surface area contributed by atoms with Crippen molar-refractivity contribution in [3.8, 4) is 5.75 Å². The molecule has 2 aromatic rings. The summed E-state index contributed by atoms with van der Waals surface area (Å²) in [5.74, 6) is 0.755. The van der Waals surface area contributed by atoms with Crippen molar-refractivity contribution in [3.63, 3.8) is 0 Å². The number of hydrogen-bond acceptors (Lipinski definition) is 3. The molecule has 1 heterocycles. The van der Waals surface area contributed by atoms with Crippen LogP contribution in [0.4, 0.5) is 10.5 Å². The molecular formula is C18H20N2O3. The molecule has 0 bridgehead atoms. The Labute approximate surface area is 135 Å². The highest BCUT2D eigenvalue weighted by molar-refractivity contribution is 5.89. The fourth-order valence-corrected chi connectivity index (χ4v) is 2.60. The third-order valence-corrected chi connectivity index (χ3v) is 3.88. The van der Waals surface area contributed by atoms with Crippen molar-refractivity contribution in [1.82, 2.24) is 5.32 Å². The van der Waals surface area contributed by atoms with Crippen LogP contribution < -0.4 is 15.4 Å². The van der Waals surface area contributed by atoms with Gasteiger partial charge < -0.3 is 20.1 Å². The Morgan fingerprint density at radius 2 is 1.91 bits per heavy atom. The average Bonchev–Trinajstić information content (AvgIpc) is 2.60. The molecule has 3 rings (SSSR count). The largest absolute Gasteiger partial charge is 0.497 e. The molecule has 1 unspecified atom stereocenters. The van der Waals surface area contributed by atoms with Gasteiger partial charge in [0.25, 0.3) is 0 Å². The van der Waals surface area contributed by atoms with E-state index in [1.165, 1.54) is 11.1 Å². The third-order valence-electron chi connectivity index (χ3n) is 3.88. The highest BCUT2D eigenvalue weighted by atomic mass is 16.5. The fourth-order valence-electron chi connectivity index (χ4n) is 2.60. The van der Waals surface area contributed by atoms with Gasteiger partial charge in [0.05, 0.1) is 19.8 Å². The van der Waals surface area contributed by atoms with Gasteiger partial charge in [-0.15, -0.1) is 0 Å². The number of carbonyl (C=O) groups is 1. The Balaban J connectivity index is 1.47. The van der Waals surface area contributed by atoms with Crippen LogP contribution in [0.3, 0.4) is 0 Å². The molecule has 2 aromatic carbocycles. The molecule has 5 heteroatoms. The van der Waals surface area contributed by atoms with E-state index in [2.05, 4.69) is 22.8 Å². The van der Waals surface area contributed by atoms with Gasteiger partial charge in [-0.1, -0.05) is 24.3 Å². The van der Waals surface area contributed by atoms with Gasteiger partial charge in [0.15, 0.2) is 0 Å². The third kappa shape index (κ3) is 4.02. The number of ether oxygens (including phenoxy) is 2. The first kappa shape index (κ1) is 15.4. The molecule has 120 valence electrons. The van der Waals surface area contributed by atoms with Crippen molar-refractivity contribution < 1.29 is 14.3 Å². The van der Waals surface area contributed by atoms with Crippen LogP contribution in [0.2, 0.25) is 0 Å². The van der Waals surface area contributed by atoms with Crippen LogP contribution in [0.5, 0.6) is 5.75 Å². The van der Waals surface area contributed by atoms with Gasteiger partial charge in [-0.2, -0.15) is 0 Å². The highest BCUT2D eigenvalue weighted by Crippen LogP contribution is 2.20. The van der Waals surface area contributed by atoms with E-state index in [9.17, 15) is 4.79 Å². The lowest BCUT2D eigenvalue weighted by atomic mass is 9.99. The first-order chi connectivity index (χ1) is 11.2. The number of nitrogens with one attached hydrogen (secondary N) is 2. The number of benzene rings is 2. The Morgan fingerprint density at radius 1 is 1.17 bits per heavy atom. The normalized spacial score (nSPS) is 16.3. The highest BCUT2D eigenvalue weighted by Gasteiger charge is 2.19. The van der Waals surface area contributed by atoms with Crippen LogP contribution in [0.15, 0.2) is 48.5 Å². The average molecular weight is 312 g/mol. The first-order valence-corrected chi connectivity index (χ1v) is 7.62. The van der Waals surface area contributed by atoms with Crippen molar-refractivity contribution in [2.75, 3.05) is 19.0 Å². The number of carbonyl (C=O) groups excluding carboxylic acids is 1. The zero-order chi connectivity index (χ0) is 16.1. The predicted molar refractivity (Wildman–Crippen MR) is 88.7 cm³/mol. The Hall–Kier alpha value is -2.53. The summed E-state index contributed by atoms with van der Waals surface area (Å²) in [6.45, 7) is 1.08. The molecular weight excluding hydrogens is 292 g/mol. The summed E-state index contributed by atoms with van der Waals surface area (Å²) in [5, 5.41) is 5.64. The molecule has 5 nitrogen and oxygen atoms in total. The van der Waals surface area contributed by atoms with E-state index < -0.39 is 0 Å². The van der Waals surface area contributed by atoms with Crippen molar-refractivity contribution in [3.05, 3.63) is 59.7 Å². The summed E-state index contributed by atoms with van der Waals surface area (Å²) < 4.78 is 10.9. The maximum atomic E-state index is 11.9. The van der Waals surface area contributed by atoms with E-state index in [1.54, 1.807) is 31.4 Å². The quantitative estimate of drug-likeness (QED) is 0.912. The molecule has 0 aliphatic carbocycles. The first-order valence-electron chi connectivity index (χ1n) is 7.62. The van der Waals surface area contributed by atoms with Gasteiger partial charge in [0, 0.05) is 18.7 Å². The number of urea groups is 1. The van der Waals surface area contributed by atoms with Crippen LogP contribution in [-0.2, 0) is 17.8 Å². The van der Waals surface area contributed by atoms with Gasteiger partial charge >= 0.3 is 6.03 Å². The number of methoxy groups -OCH3 is 1. The molecule has 0 radical (unpaired) electrons. The van der Waals surface area contributed by atoms with Gasteiger partial charge in [-0.05, 0) is 35.4 Å². The molecule has 2 amide bonds. The molecule has 0 fully saturated rings. The van der Waals surface area contributed by atoms with Crippen molar-refractivity contribution >= 4 is 11.7 Å². The number of fused-ring (bicyclic) bond motifs is 1. The Kier molecular flexibility index (Phi) is 4.78. The molecule has 23 heavy (non-hydrogen) atoms. The van der Waals surface area contributed by atoms with Crippen LogP contribution >= 0.6 is 0 Å². The minimum atomic E-state index is -0.238. The van der Waals surface area contributed by atoms with Crippen LogP contribution in [0, 0.1) is 0 Å². The second-order valence-electron chi connectivity index (χ2n) is 5.47. The SMILES string of the molecule is COc1ccc(NC(=O)NCC2Cc3ccccc3CO2)cc1. The van der Waals surface area contributed by atoms with Crippen LogP contribution in [0.1, 0.15) is 11.1 Å². The van der Waals surface area contributed by atoms with E-state index >= 15 is 0 Å². The van der Waals surface area contributed by atoms with E-state index in [1.807, 2.05) is 12.1 Å². The second kappa shape index (κ2) is 7.15. The van der Waals surface area contributed by atoms with E-state index in [0.717, 1.165) is 17.9 Å². The van der Waals surface area contributed by atoms with Gasteiger partial charge in [0.1, 0.15) is 5.75 Å². The maximum Gasteiger partial charge on any atom is 0.319 e. The zero-order valence-corrected chi connectivity index (χ0v) is 13.0. The molecule has 0 saturated carbocycles. The summed E-state index contributed by atoms with van der Waals surface area (Å²) in [6, 6.07) is 15.2.